The monoisotopic (exact) mass is 320 g/mol. The van der Waals surface area contributed by atoms with Crippen LogP contribution in [0.4, 0.5) is 0 Å². The van der Waals surface area contributed by atoms with Crippen molar-refractivity contribution in [2.45, 2.75) is 32.2 Å². The lowest BCUT2D eigenvalue weighted by atomic mass is 10.1. The number of rotatable bonds is 6. The first-order chi connectivity index (χ1) is 10.5. The van der Waals surface area contributed by atoms with Gasteiger partial charge in [-0.25, -0.2) is 9.78 Å². The normalized spacial score (nSPS) is 15.5. The number of carboxylic acids is 1. The number of nitrogens with one attached hydrogen (secondary N) is 1. The van der Waals surface area contributed by atoms with Gasteiger partial charge in [-0.3, -0.25) is 4.79 Å². The fourth-order valence-electron chi connectivity index (χ4n) is 2.25. The predicted octanol–water partition coefficient (Wildman–Crippen LogP) is 2.69. The van der Waals surface area contributed by atoms with Crippen LogP contribution >= 0.6 is 11.3 Å². The van der Waals surface area contributed by atoms with E-state index in [1.165, 1.54) is 11.3 Å². The summed E-state index contributed by atoms with van der Waals surface area (Å²) >= 11 is 1.35. The van der Waals surface area contributed by atoms with E-state index in [1.807, 2.05) is 0 Å². The summed E-state index contributed by atoms with van der Waals surface area (Å²) in [5, 5.41) is 12.4. The molecule has 0 aliphatic heterocycles. The number of aryl methyl sites for hydroxylation is 1. The number of nitrogens with zero attached hydrogens (tertiary/aromatic N) is 1. The van der Waals surface area contributed by atoms with Crippen LogP contribution in [0.3, 0.4) is 0 Å². The van der Waals surface area contributed by atoms with Crippen molar-refractivity contribution in [1.82, 2.24) is 10.3 Å². The van der Waals surface area contributed by atoms with Gasteiger partial charge >= 0.3 is 5.97 Å². The average Bonchev–Trinajstić information content (AvgIpc) is 2.98. The SMILES string of the molecule is Cc1sc(-c2ccco2)nc1C(=O)NC(CC1CC1)C(=O)O. The Bertz CT molecular complexity index is 688. The molecular weight excluding hydrogens is 304 g/mol. The van der Waals surface area contributed by atoms with Crippen molar-refractivity contribution >= 4 is 23.2 Å². The minimum atomic E-state index is -1.00. The fourth-order valence-corrected chi connectivity index (χ4v) is 3.13. The molecule has 22 heavy (non-hydrogen) atoms. The second kappa shape index (κ2) is 5.92. The van der Waals surface area contributed by atoms with E-state index in [-0.39, 0.29) is 5.69 Å². The summed E-state index contributed by atoms with van der Waals surface area (Å²) in [6.45, 7) is 1.79. The van der Waals surface area contributed by atoms with Crippen molar-refractivity contribution in [1.29, 1.82) is 0 Å². The molecule has 1 unspecified atom stereocenters. The molecule has 0 aromatic carbocycles. The maximum atomic E-state index is 12.3. The highest BCUT2D eigenvalue weighted by molar-refractivity contribution is 7.15. The van der Waals surface area contributed by atoms with E-state index in [0.717, 1.165) is 17.7 Å². The minimum absolute atomic E-state index is 0.262. The zero-order valence-electron chi connectivity index (χ0n) is 12.0. The largest absolute Gasteiger partial charge is 0.480 e. The van der Waals surface area contributed by atoms with Gasteiger partial charge in [-0.2, -0.15) is 0 Å². The van der Waals surface area contributed by atoms with Crippen molar-refractivity contribution in [3.63, 3.8) is 0 Å². The van der Waals surface area contributed by atoms with Crippen LogP contribution in [0.15, 0.2) is 22.8 Å². The summed E-state index contributed by atoms with van der Waals surface area (Å²) in [6, 6.07) is 2.67. The standard InChI is InChI=1S/C15H16N2O4S/c1-8-12(17-14(22-8)11-3-2-6-21-11)13(18)16-10(15(19)20)7-9-4-5-9/h2-3,6,9-10H,4-5,7H2,1H3,(H,16,18)(H,19,20). The number of aromatic nitrogens is 1. The highest BCUT2D eigenvalue weighted by Crippen LogP contribution is 2.34. The Labute approximate surface area is 131 Å². The Morgan fingerprint density at radius 1 is 1.55 bits per heavy atom. The zero-order valence-corrected chi connectivity index (χ0v) is 12.9. The molecule has 1 aliphatic rings. The van der Waals surface area contributed by atoms with Gasteiger partial charge in [-0.15, -0.1) is 11.3 Å². The van der Waals surface area contributed by atoms with E-state index in [2.05, 4.69) is 10.3 Å². The molecule has 1 aliphatic carbocycles. The zero-order chi connectivity index (χ0) is 15.7. The van der Waals surface area contributed by atoms with Gasteiger partial charge in [-0.05, 0) is 31.4 Å². The number of carbonyl (C=O) groups excluding carboxylic acids is 1. The van der Waals surface area contributed by atoms with E-state index in [1.54, 1.807) is 25.3 Å². The van der Waals surface area contributed by atoms with Gasteiger partial charge in [0, 0.05) is 4.88 Å². The van der Waals surface area contributed by atoms with Crippen molar-refractivity contribution in [2.75, 3.05) is 0 Å². The Kier molecular flexibility index (Phi) is 3.98. The number of hydrogen-bond acceptors (Lipinski definition) is 5. The van der Waals surface area contributed by atoms with Crippen LogP contribution < -0.4 is 5.32 Å². The predicted molar refractivity (Wildman–Crippen MR) is 80.8 cm³/mol. The van der Waals surface area contributed by atoms with Crippen LogP contribution in [0.5, 0.6) is 0 Å². The van der Waals surface area contributed by atoms with Gasteiger partial charge < -0.3 is 14.8 Å². The van der Waals surface area contributed by atoms with Gasteiger partial charge in [0.2, 0.25) is 0 Å². The van der Waals surface area contributed by atoms with Crippen LogP contribution in [0.25, 0.3) is 10.8 Å². The topological polar surface area (TPSA) is 92.4 Å². The molecule has 7 heteroatoms. The van der Waals surface area contributed by atoms with Crippen LogP contribution in [0, 0.1) is 12.8 Å². The summed E-state index contributed by atoms with van der Waals surface area (Å²) in [5.74, 6) is -0.435. The van der Waals surface area contributed by atoms with Crippen molar-refractivity contribution in [2.24, 2.45) is 5.92 Å². The van der Waals surface area contributed by atoms with E-state index in [4.69, 9.17) is 4.42 Å². The number of aliphatic carboxylic acids is 1. The Morgan fingerprint density at radius 2 is 2.32 bits per heavy atom. The van der Waals surface area contributed by atoms with Crippen molar-refractivity contribution in [3.8, 4) is 10.8 Å². The molecule has 116 valence electrons. The second-order valence-electron chi connectivity index (χ2n) is 5.44. The summed E-state index contributed by atoms with van der Waals surface area (Å²) < 4.78 is 5.27. The molecule has 3 rings (SSSR count). The Hall–Kier alpha value is -2.15. The Balaban J connectivity index is 1.75. The highest BCUT2D eigenvalue weighted by Gasteiger charge is 2.31. The molecule has 2 heterocycles. The van der Waals surface area contributed by atoms with Gasteiger partial charge in [-0.1, -0.05) is 12.8 Å². The van der Waals surface area contributed by atoms with Gasteiger partial charge in [0.05, 0.1) is 6.26 Å². The van der Waals surface area contributed by atoms with Crippen LogP contribution in [0.1, 0.15) is 34.6 Å². The second-order valence-corrected chi connectivity index (χ2v) is 6.65. The maximum absolute atomic E-state index is 12.3. The number of carbonyl (C=O) groups is 2. The lowest BCUT2D eigenvalue weighted by Crippen LogP contribution is -2.41. The van der Waals surface area contributed by atoms with E-state index >= 15 is 0 Å². The van der Waals surface area contributed by atoms with E-state index < -0.39 is 17.9 Å². The van der Waals surface area contributed by atoms with Crippen molar-refractivity contribution in [3.05, 3.63) is 29.0 Å². The van der Waals surface area contributed by atoms with Crippen molar-refractivity contribution < 1.29 is 19.1 Å². The molecule has 6 nitrogen and oxygen atoms in total. The molecular formula is C15H16N2O4S. The quantitative estimate of drug-likeness (QED) is 0.853. The molecule has 1 atom stereocenters. The molecule has 0 spiro atoms. The smallest absolute Gasteiger partial charge is 0.326 e. The molecule has 0 radical (unpaired) electrons. The van der Waals surface area contributed by atoms with Crippen LogP contribution in [-0.4, -0.2) is 28.0 Å². The average molecular weight is 320 g/mol. The molecule has 0 bridgehead atoms. The first-order valence-corrected chi connectivity index (χ1v) is 7.91. The molecule has 2 aromatic rings. The van der Waals surface area contributed by atoms with E-state index in [0.29, 0.717) is 23.1 Å². The molecule has 1 amide bonds. The van der Waals surface area contributed by atoms with Crippen LogP contribution in [0.2, 0.25) is 0 Å². The summed E-state index contributed by atoms with van der Waals surface area (Å²) in [7, 11) is 0. The molecule has 0 saturated heterocycles. The first-order valence-electron chi connectivity index (χ1n) is 7.09. The summed E-state index contributed by atoms with van der Waals surface area (Å²) in [5.41, 5.74) is 0.262. The van der Waals surface area contributed by atoms with E-state index in [9.17, 15) is 14.7 Å². The number of furan rings is 1. The molecule has 1 saturated carbocycles. The third-order valence-corrected chi connectivity index (χ3v) is 4.60. The number of carboxylic acid groups (broad SMARTS) is 1. The van der Waals surface area contributed by atoms with Gasteiger partial charge in [0.1, 0.15) is 11.7 Å². The number of thiazole rings is 1. The first kappa shape index (κ1) is 14.8. The summed E-state index contributed by atoms with van der Waals surface area (Å²) in [4.78, 5) is 28.6. The highest BCUT2D eigenvalue weighted by atomic mass is 32.1. The van der Waals surface area contributed by atoms with Gasteiger partial charge in [0.25, 0.3) is 5.91 Å². The third kappa shape index (κ3) is 3.19. The third-order valence-electron chi connectivity index (χ3n) is 3.61. The lowest BCUT2D eigenvalue weighted by molar-refractivity contribution is -0.139. The Morgan fingerprint density at radius 3 is 2.91 bits per heavy atom. The molecule has 1 fully saturated rings. The lowest BCUT2D eigenvalue weighted by Gasteiger charge is -2.13. The summed E-state index contributed by atoms with van der Waals surface area (Å²) in [6.07, 6.45) is 4.10. The maximum Gasteiger partial charge on any atom is 0.326 e. The fraction of sp³-hybridized carbons (Fsp3) is 0.400. The molecule has 2 N–H and O–H groups in total. The number of hydrogen-bond donors (Lipinski definition) is 2. The van der Waals surface area contributed by atoms with Gasteiger partial charge in [0.15, 0.2) is 10.8 Å². The number of amides is 1. The minimum Gasteiger partial charge on any atom is -0.480 e. The van der Waals surface area contributed by atoms with Crippen LogP contribution in [-0.2, 0) is 4.79 Å². The molecule has 2 aromatic heterocycles.